The zero-order valence-electron chi connectivity index (χ0n) is 11.7. The van der Waals surface area contributed by atoms with Gasteiger partial charge in [0.1, 0.15) is 0 Å². The molecular weight excluding hydrogens is 387 g/mol. The molecule has 0 saturated carbocycles. The summed E-state index contributed by atoms with van der Waals surface area (Å²) in [7, 11) is 0. The van der Waals surface area contributed by atoms with Crippen LogP contribution in [-0.2, 0) is 0 Å². The van der Waals surface area contributed by atoms with Crippen LogP contribution >= 0.6 is 34.2 Å². The number of carbonyl (C=O) groups is 1. The van der Waals surface area contributed by atoms with E-state index < -0.39 is 0 Å². The van der Waals surface area contributed by atoms with Gasteiger partial charge in [0, 0.05) is 27.7 Å². The van der Waals surface area contributed by atoms with E-state index in [0.717, 1.165) is 36.0 Å². The molecule has 0 bridgehead atoms. The first kappa shape index (κ1) is 16.0. The molecule has 1 fully saturated rings. The summed E-state index contributed by atoms with van der Waals surface area (Å²) >= 11 is 8.07. The third-order valence-electron chi connectivity index (χ3n) is 3.64. The van der Waals surface area contributed by atoms with Crippen LogP contribution in [0.15, 0.2) is 18.2 Å². The number of nitrogens with one attached hydrogen (secondary N) is 1. The van der Waals surface area contributed by atoms with Crippen molar-refractivity contribution in [3.63, 3.8) is 0 Å². The molecule has 0 spiro atoms. The van der Waals surface area contributed by atoms with Gasteiger partial charge in [0.2, 0.25) is 0 Å². The zero-order chi connectivity index (χ0) is 14.5. The van der Waals surface area contributed by atoms with Gasteiger partial charge in [-0.15, -0.1) is 0 Å². The summed E-state index contributed by atoms with van der Waals surface area (Å²) in [5, 5.41) is 3.81. The van der Waals surface area contributed by atoms with Gasteiger partial charge in [-0.05, 0) is 66.6 Å². The van der Waals surface area contributed by atoms with Crippen molar-refractivity contribution in [1.29, 1.82) is 0 Å². The standard InChI is InChI=1S/C15H20ClIN2O/c1-2-7-19-8-5-12(6-9-19)18-15(20)13-4-3-11(16)10-14(13)17/h3-4,10,12H,2,5-9H2,1H3,(H,18,20). The van der Waals surface area contributed by atoms with Crippen LogP contribution in [0, 0.1) is 3.57 Å². The first-order valence-corrected chi connectivity index (χ1v) is 8.54. The quantitative estimate of drug-likeness (QED) is 0.776. The smallest absolute Gasteiger partial charge is 0.252 e. The van der Waals surface area contributed by atoms with Crippen molar-refractivity contribution in [3.8, 4) is 0 Å². The third-order valence-corrected chi connectivity index (χ3v) is 4.77. The number of hydrogen-bond acceptors (Lipinski definition) is 2. The van der Waals surface area contributed by atoms with E-state index >= 15 is 0 Å². The van der Waals surface area contributed by atoms with E-state index in [1.807, 2.05) is 6.07 Å². The van der Waals surface area contributed by atoms with Crippen molar-refractivity contribution in [2.45, 2.75) is 32.2 Å². The normalized spacial score (nSPS) is 17.1. The fourth-order valence-corrected chi connectivity index (χ4v) is 3.67. The Bertz CT molecular complexity index is 473. The lowest BCUT2D eigenvalue weighted by molar-refractivity contribution is 0.0910. The molecule has 3 nitrogen and oxygen atoms in total. The van der Waals surface area contributed by atoms with Crippen molar-refractivity contribution in [3.05, 3.63) is 32.4 Å². The number of amides is 1. The molecule has 0 radical (unpaired) electrons. The Morgan fingerprint density at radius 3 is 2.75 bits per heavy atom. The predicted molar refractivity (Wildman–Crippen MR) is 91.4 cm³/mol. The number of hydrogen-bond donors (Lipinski definition) is 1. The van der Waals surface area contributed by atoms with Crippen LogP contribution in [0.2, 0.25) is 5.02 Å². The van der Waals surface area contributed by atoms with E-state index in [1.54, 1.807) is 12.1 Å². The van der Waals surface area contributed by atoms with E-state index in [0.29, 0.717) is 16.6 Å². The van der Waals surface area contributed by atoms with Gasteiger partial charge in [-0.3, -0.25) is 4.79 Å². The van der Waals surface area contributed by atoms with Crippen molar-refractivity contribution in [2.24, 2.45) is 0 Å². The van der Waals surface area contributed by atoms with Gasteiger partial charge < -0.3 is 10.2 Å². The molecule has 1 aromatic carbocycles. The number of nitrogens with zero attached hydrogens (tertiary/aromatic N) is 1. The Labute approximate surface area is 139 Å². The Morgan fingerprint density at radius 2 is 2.15 bits per heavy atom. The maximum absolute atomic E-state index is 12.3. The van der Waals surface area contributed by atoms with E-state index in [2.05, 4.69) is 39.7 Å². The van der Waals surface area contributed by atoms with Crippen molar-refractivity contribution >= 4 is 40.1 Å². The summed E-state index contributed by atoms with van der Waals surface area (Å²) in [5.41, 5.74) is 0.714. The summed E-state index contributed by atoms with van der Waals surface area (Å²) < 4.78 is 0.899. The van der Waals surface area contributed by atoms with Crippen LogP contribution in [-0.4, -0.2) is 36.5 Å². The monoisotopic (exact) mass is 406 g/mol. The second kappa shape index (κ2) is 7.61. The Balaban J connectivity index is 1.89. The number of halogens is 2. The minimum atomic E-state index is 0.0139. The number of carbonyl (C=O) groups excluding carboxylic acids is 1. The summed E-state index contributed by atoms with van der Waals surface area (Å²) in [6.45, 7) is 5.53. The zero-order valence-corrected chi connectivity index (χ0v) is 14.6. The van der Waals surface area contributed by atoms with Gasteiger partial charge in [0.25, 0.3) is 5.91 Å². The molecule has 110 valence electrons. The maximum Gasteiger partial charge on any atom is 0.252 e. The predicted octanol–water partition coefficient (Wildman–Crippen LogP) is 3.55. The summed E-state index contributed by atoms with van der Waals surface area (Å²) in [6.07, 6.45) is 3.27. The molecule has 2 rings (SSSR count). The minimum Gasteiger partial charge on any atom is -0.349 e. The molecule has 1 heterocycles. The van der Waals surface area contributed by atoms with Crippen LogP contribution in [0.5, 0.6) is 0 Å². The first-order valence-electron chi connectivity index (χ1n) is 7.08. The van der Waals surface area contributed by atoms with Crippen LogP contribution in [0.4, 0.5) is 0 Å². The largest absolute Gasteiger partial charge is 0.349 e. The molecule has 0 unspecified atom stereocenters. The fourth-order valence-electron chi connectivity index (χ4n) is 2.55. The minimum absolute atomic E-state index is 0.0139. The molecule has 20 heavy (non-hydrogen) atoms. The molecule has 1 saturated heterocycles. The third kappa shape index (κ3) is 4.33. The molecule has 1 N–H and O–H groups in total. The summed E-state index contributed by atoms with van der Waals surface area (Å²) in [5.74, 6) is 0.0139. The lowest BCUT2D eigenvalue weighted by Gasteiger charge is -2.32. The van der Waals surface area contributed by atoms with Crippen LogP contribution in [0.3, 0.4) is 0 Å². The van der Waals surface area contributed by atoms with Gasteiger partial charge in [-0.2, -0.15) is 0 Å². The molecule has 0 aromatic heterocycles. The van der Waals surface area contributed by atoms with Crippen molar-refractivity contribution in [1.82, 2.24) is 10.2 Å². The highest BCUT2D eigenvalue weighted by molar-refractivity contribution is 14.1. The Morgan fingerprint density at radius 1 is 1.45 bits per heavy atom. The average Bonchev–Trinajstić information content (AvgIpc) is 2.41. The first-order chi connectivity index (χ1) is 9.60. The van der Waals surface area contributed by atoms with E-state index in [4.69, 9.17) is 11.6 Å². The second-order valence-corrected chi connectivity index (χ2v) is 6.81. The number of likely N-dealkylation sites (tertiary alicyclic amines) is 1. The van der Waals surface area contributed by atoms with Gasteiger partial charge in [-0.1, -0.05) is 18.5 Å². The summed E-state index contributed by atoms with van der Waals surface area (Å²) in [6, 6.07) is 5.68. The lowest BCUT2D eigenvalue weighted by Crippen LogP contribution is -2.44. The maximum atomic E-state index is 12.3. The van der Waals surface area contributed by atoms with E-state index in [9.17, 15) is 4.79 Å². The molecule has 0 atom stereocenters. The number of rotatable bonds is 4. The topological polar surface area (TPSA) is 32.3 Å². The molecule has 0 aliphatic carbocycles. The van der Waals surface area contributed by atoms with Gasteiger partial charge in [0.15, 0.2) is 0 Å². The highest BCUT2D eigenvalue weighted by atomic mass is 127. The SMILES string of the molecule is CCCN1CCC(NC(=O)c2ccc(Cl)cc2I)CC1. The highest BCUT2D eigenvalue weighted by Crippen LogP contribution is 2.19. The molecule has 1 amide bonds. The fraction of sp³-hybridized carbons (Fsp3) is 0.533. The van der Waals surface area contributed by atoms with Crippen LogP contribution in [0.1, 0.15) is 36.5 Å². The summed E-state index contributed by atoms with van der Waals surface area (Å²) in [4.78, 5) is 14.7. The Hall–Kier alpha value is -0.330. The number of benzene rings is 1. The van der Waals surface area contributed by atoms with E-state index in [-0.39, 0.29) is 5.91 Å². The van der Waals surface area contributed by atoms with Gasteiger partial charge >= 0.3 is 0 Å². The molecule has 5 heteroatoms. The average molecular weight is 407 g/mol. The van der Waals surface area contributed by atoms with Crippen molar-refractivity contribution in [2.75, 3.05) is 19.6 Å². The van der Waals surface area contributed by atoms with Crippen LogP contribution in [0.25, 0.3) is 0 Å². The Kier molecular flexibility index (Phi) is 6.11. The van der Waals surface area contributed by atoms with Crippen LogP contribution < -0.4 is 5.32 Å². The number of piperidine rings is 1. The molecular formula is C15H20ClIN2O. The molecule has 1 aliphatic rings. The lowest BCUT2D eigenvalue weighted by atomic mass is 10.0. The molecule has 1 aromatic rings. The highest BCUT2D eigenvalue weighted by Gasteiger charge is 2.21. The molecule has 1 aliphatic heterocycles. The second-order valence-electron chi connectivity index (χ2n) is 5.21. The van der Waals surface area contributed by atoms with Gasteiger partial charge in [-0.25, -0.2) is 0 Å². The van der Waals surface area contributed by atoms with E-state index in [1.165, 1.54) is 6.42 Å². The van der Waals surface area contributed by atoms with Crippen molar-refractivity contribution < 1.29 is 4.79 Å². The van der Waals surface area contributed by atoms with Gasteiger partial charge in [0.05, 0.1) is 5.56 Å².